The molecular formula is C17H27FN2O2. The van der Waals surface area contributed by atoms with E-state index in [2.05, 4.69) is 10.2 Å². The van der Waals surface area contributed by atoms with Crippen LogP contribution in [0.15, 0.2) is 12.1 Å². The highest BCUT2D eigenvalue weighted by atomic mass is 19.1. The zero-order valence-corrected chi connectivity index (χ0v) is 13.7. The molecule has 0 spiro atoms. The summed E-state index contributed by atoms with van der Waals surface area (Å²) in [4.78, 5) is 2.21. The van der Waals surface area contributed by atoms with E-state index >= 15 is 0 Å². The summed E-state index contributed by atoms with van der Waals surface area (Å²) in [6.45, 7) is 10.0. The van der Waals surface area contributed by atoms with Gasteiger partial charge in [-0.2, -0.15) is 0 Å². The molecule has 5 heteroatoms. The Morgan fingerprint density at radius 2 is 1.86 bits per heavy atom. The van der Waals surface area contributed by atoms with Gasteiger partial charge in [0.2, 0.25) is 0 Å². The maximum atomic E-state index is 13.7. The molecule has 1 aliphatic heterocycles. The lowest BCUT2D eigenvalue weighted by Gasteiger charge is -2.29. The number of morpholine rings is 1. The highest BCUT2D eigenvalue weighted by molar-refractivity contribution is 5.32. The number of aliphatic hydroxyl groups excluding tert-OH is 1. The number of hydrogen-bond acceptors (Lipinski definition) is 4. The smallest absolute Gasteiger partial charge is 0.129 e. The van der Waals surface area contributed by atoms with Crippen LogP contribution in [-0.2, 0) is 4.74 Å². The predicted octanol–water partition coefficient (Wildman–Crippen LogP) is 1.79. The first-order valence-corrected chi connectivity index (χ1v) is 7.95. The first kappa shape index (κ1) is 17.3. The third kappa shape index (κ3) is 4.74. The van der Waals surface area contributed by atoms with Crippen molar-refractivity contribution in [2.45, 2.75) is 32.9 Å². The first-order valence-electron chi connectivity index (χ1n) is 7.95. The van der Waals surface area contributed by atoms with Gasteiger partial charge in [0.05, 0.1) is 19.3 Å². The van der Waals surface area contributed by atoms with Crippen LogP contribution in [-0.4, -0.2) is 55.5 Å². The Morgan fingerprint density at radius 3 is 2.45 bits per heavy atom. The maximum absolute atomic E-state index is 13.7. The monoisotopic (exact) mass is 310 g/mol. The molecule has 0 bridgehead atoms. The van der Waals surface area contributed by atoms with Crippen molar-refractivity contribution in [2.75, 3.05) is 39.4 Å². The summed E-state index contributed by atoms with van der Waals surface area (Å²) in [5, 5.41) is 13.5. The van der Waals surface area contributed by atoms with Gasteiger partial charge in [0, 0.05) is 32.2 Å². The molecule has 1 fully saturated rings. The normalized spacial score (nSPS) is 19.1. The highest BCUT2D eigenvalue weighted by Crippen LogP contribution is 2.20. The third-order valence-corrected chi connectivity index (χ3v) is 4.19. The summed E-state index contributed by atoms with van der Waals surface area (Å²) in [5.74, 6) is -0.136. The lowest BCUT2D eigenvalue weighted by Crippen LogP contribution is -2.44. The quantitative estimate of drug-likeness (QED) is 0.841. The minimum atomic E-state index is -0.414. The summed E-state index contributed by atoms with van der Waals surface area (Å²) >= 11 is 0. The topological polar surface area (TPSA) is 44.7 Å². The Kier molecular flexibility index (Phi) is 6.32. The van der Waals surface area contributed by atoms with Crippen LogP contribution < -0.4 is 5.32 Å². The van der Waals surface area contributed by atoms with Gasteiger partial charge in [0.25, 0.3) is 0 Å². The second-order valence-corrected chi connectivity index (χ2v) is 6.17. The van der Waals surface area contributed by atoms with Crippen molar-refractivity contribution in [3.05, 3.63) is 34.6 Å². The van der Waals surface area contributed by atoms with Crippen LogP contribution in [0.1, 0.15) is 29.7 Å². The number of hydrogen-bond donors (Lipinski definition) is 2. The fourth-order valence-electron chi connectivity index (χ4n) is 2.81. The molecule has 2 N–H and O–H groups in total. The standard InChI is InChI=1S/C17H27FN2O2/c1-12-8-15(9-13(2)17(12)18)14(3)19-10-16(21)11-20-4-6-22-7-5-20/h8-9,14,16,19,21H,4-7,10-11H2,1-3H3. The fraction of sp³-hybridized carbons (Fsp3) is 0.647. The van der Waals surface area contributed by atoms with Crippen molar-refractivity contribution >= 4 is 0 Å². The molecule has 2 atom stereocenters. The van der Waals surface area contributed by atoms with Crippen LogP contribution in [0.25, 0.3) is 0 Å². The fourth-order valence-corrected chi connectivity index (χ4v) is 2.81. The van der Waals surface area contributed by atoms with Gasteiger partial charge in [-0.05, 0) is 37.5 Å². The molecule has 1 aromatic rings. The average Bonchev–Trinajstić information content (AvgIpc) is 2.50. The molecule has 0 saturated carbocycles. The summed E-state index contributed by atoms with van der Waals surface area (Å²) in [6, 6.07) is 3.82. The Bertz CT molecular complexity index is 467. The van der Waals surface area contributed by atoms with Crippen molar-refractivity contribution < 1.29 is 14.2 Å². The van der Waals surface area contributed by atoms with Crippen LogP contribution in [0.2, 0.25) is 0 Å². The van der Waals surface area contributed by atoms with E-state index in [1.807, 2.05) is 19.1 Å². The Morgan fingerprint density at radius 1 is 1.27 bits per heavy atom. The molecule has 22 heavy (non-hydrogen) atoms. The number of rotatable bonds is 6. The number of aryl methyl sites for hydroxylation is 2. The number of halogens is 1. The van der Waals surface area contributed by atoms with E-state index in [9.17, 15) is 9.50 Å². The zero-order valence-electron chi connectivity index (χ0n) is 13.7. The van der Waals surface area contributed by atoms with E-state index in [0.29, 0.717) is 24.2 Å². The lowest BCUT2D eigenvalue weighted by molar-refractivity contribution is 0.0145. The van der Waals surface area contributed by atoms with Gasteiger partial charge in [0.1, 0.15) is 5.82 Å². The molecule has 0 amide bonds. The number of aliphatic hydroxyl groups is 1. The first-order chi connectivity index (χ1) is 10.5. The largest absolute Gasteiger partial charge is 0.390 e. The number of nitrogens with zero attached hydrogens (tertiary/aromatic N) is 1. The van der Waals surface area contributed by atoms with Gasteiger partial charge in [-0.15, -0.1) is 0 Å². The van der Waals surface area contributed by atoms with Crippen molar-refractivity contribution in [3.63, 3.8) is 0 Å². The van der Waals surface area contributed by atoms with Crippen molar-refractivity contribution in [1.29, 1.82) is 0 Å². The summed E-state index contributed by atoms with van der Waals surface area (Å²) in [7, 11) is 0. The van der Waals surface area contributed by atoms with Crippen LogP contribution >= 0.6 is 0 Å². The van der Waals surface area contributed by atoms with Crippen molar-refractivity contribution in [1.82, 2.24) is 10.2 Å². The van der Waals surface area contributed by atoms with E-state index in [-0.39, 0.29) is 11.9 Å². The number of β-amino-alcohol motifs (C(OH)–C–C–N with tert-alkyl or cyclic N) is 1. The molecule has 0 aromatic heterocycles. The zero-order chi connectivity index (χ0) is 16.1. The second kappa shape index (κ2) is 8.02. The van der Waals surface area contributed by atoms with Crippen LogP contribution in [0, 0.1) is 19.7 Å². The molecule has 2 rings (SSSR count). The van der Waals surface area contributed by atoms with E-state index in [0.717, 1.165) is 31.9 Å². The van der Waals surface area contributed by atoms with E-state index < -0.39 is 6.10 Å². The van der Waals surface area contributed by atoms with Gasteiger partial charge in [-0.1, -0.05) is 12.1 Å². The van der Waals surface area contributed by atoms with Gasteiger partial charge >= 0.3 is 0 Å². The van der Waals surface area contributed by atoms with E-state index in [4.69, 9.17) is 4.74 Å². The van der Waals surface area contributed by atoms with Crippen LogP contribution in [0.5, 0.6) is 0 Å². The number of benzene rings is 1. The van der Waals surface area contributed by atoms with Gasteiger partial charge in [-0.25, -0.2) is 4.39 Å². The van der Waals surface area contributed by atoms with Crippen molar-refractivity contribution in [3.8, 4) is 0 Å². The highest BCUT2D eigenvalue weighted by Gasteiger charge is 2.16. The van der Waals surface area contributed by atoms with E-state index in [1.54, 1.807) is 13.8 Å². The second-order valence-electron chi connectivity index (χ2n) is 6.17. The number of ether oxygens (including phenoxy) is 1. The molecule has 2 unspecified atom stereocenters. The number of nitrogens with one attached hydrogen (secondary N) is 1. The summed E-state index contributed by atoms with van der Waals surface area (Å²) < 4.78 is 19.0. The van der Waals surface area contributed by atoms with Crippen LogP contribution in [0.3, 0.4) is 0 Å². The molecular weight excluding hydrogens is 283 g/mol. The molecule has 4 nitrogen and oxygen atoms in total. The molecule has 1 aliphatic rings. The summed E-state index contributed by atoms with van der Waals surface area (Å²) in [5.41, 5.74) is 2.38. The molecule has 0 radical (unpaired) electrons. The predicted molar refractivity (Wildman–Crippen MR) is 85.6 cm³/mol. The molecule has 1 saturated heterocycles. The minimum Gasteiger partial charge on any atom is -0.390 e. The van der Waals surface area contributed by atoms with Crippen molar-refractivity contribution in [2.24, 2.45) is 0 Å². The molecule has 1 aromatic carbocycles. The maximum Gasteiger partial charge on any atom is 0.129 e. The van der Waals surface area contributed by atoms with Gasteiger partial charge < -0.3 is 15.2 Å². The Balaban J connectivity index is 1.82. The third-order valence-electron chi connectivity index (χ3n) is 4.19. The Hall–Kier alpha value is -1.01. The molecule has 124 valence electrons. The van der Waals surface area contributed by atoms with Gasteiger partial charge in [0.15, 0.2) is 0 Å². The molecule has 0 aliphatic carbocycles. The van der Waals surface area contributed by atoms with Crippen LogP contribution in [0.4, 0.5) is 4.39 Å². The molecule has 1 heterocycles. The minimum absolute atomic E-state index is 0.0809. The lowest BCUT2D eigenvalue weighted by atomic mass is 10.0. The Labute approximate surface area is 132 Å². The average molecular weight is 310 g/mol. The summed E-state index contributed by atoms with van der Waals surface area (Å²) in [6.07, 6.45) is -0.414. The van der Waals surface area contributed by atoms with Gasteiger partial charge in [-0.3, -0.25) is 4.90 Å². The SMILES string of the molecule is Cc1cc(C(C)NCC(O)CN2CCOCC2)cc(C)c1F. The van der Waals surface area contributed by atoms with E-state index in [1.165, 1.54) is 0 Å².